The van der Waals surface area contributed by atoms with E-state index in [1.165, 1.54) is 6.07 Å². The van der Waals surface area contributed by atoms with Gasteiger partial charge in [-0.25, -0.2) is 22.0 Å². The van der Waals surface area contributed by atoms with E-state index in [2.05, 4.69) is 0 Å². The highest BCUT2D eigenvalue weighted by atomic mass is 19.2. The lowest BCUT2D eigenvalue weighted by Crippen LogP contribution is -2.38. The molecule has 3 aromatic carbocycles. The third kappa shape index (κ3) is 3.22. The Hall–Kier alpha value is -2.93. The minimum Gasteiger partial charge on any atom is -0.484 e. The first-order valence-corrected chi connectivity index (χ1v) is 8.48. The van der Waals surface area contributed by atoms with Crippen molar-refractivity contribution in [1.82, 2.24) is 0 Å². The topological polar surface area (TPSA) is 35.2 Å². The van der Waals surface area contributed by atoms with Crippen LogP contribution in [-0.4, -0.2) is 6.04 Å². The van der Waals surface area contributed by atoms with E-state index in [1.54, 1.807) is 18.2 Å². The van der Waals surface area contributed by atoms with Crippen LogP contribution in [0.15, 0.2) is 48.5 Å². The number of fused-ring (bicyclic) bond motifs is 1. The Morgan fingerprint density at radius 1 is 0.786 bits per heavy atom. The summed E-state index contributed by atoms with van der Waals surface area (Å²) >= 11 is 0. The van der Waals surface area contributed by atoms with E-state index < -0.39 is 41.2 Å². The molecule has 1 aliphatic heterocycles. The standard InChI is InChI=1S/C21H14F5NO/c22-12-2-3-13(15(23)7-12)10-1-4-20-11(5-10)6-19(27)21(28-20)14-8-17(25)18(26)9-16(14)24/h1-5,7-9,19,21H,6,27H2/t19-,21+/m1/s1. The van der Waals surface area contributed by atoms with Gasteiger partial charge in [0.15, 0.2) is 11.6 Å². The van der Waals surface area contributed by atoms with Gasteiger partial charge < -0.3 is 10.5 Å². The molecule has 0 saturated heterocycles. The van der Waals surface area contributed by atoms with Crippen LogP contribution < -0.4 is 10.5 Å². The molecule has 0 amide bonds. The summed E-state index contributed by atoms with van der Waals surface area (Å²) in [5.41, 5.74) is 7.28. The zero-order valence-electron chi connectivity index (χ0n) is 14.4. The molecule has 144 valence electrons. The summed E-state index contributed by atoms with van der Waals surface area (Å²) in [5.74, 6) is -4.45. The minimum absolute atomic E-state index is 0.175. The fourth-order valence-electron chi connectivity index (χ4n) is 3.38. The van der Waals surface area contributed by atoms with Gasteiger partial charge in [0, 0.05) is 23.3 Å². The number of hydrogen-bond donors (Lipinski definition) is 1. The number of halogens is 5. The van der Waals surface area contributed by atoms with Crippen molar-refractivity contribution in [3.63, 3.8) is 0 Å². The molecule has 0 aromatic heterocycles. The zero-order chi connectivity index (χ0) is 20.0. The van der Waals surface area contributed by atoms with Crippen molar-refractivity contribution >= 4 is 0 Å². The number of ether oxygens (including phenoxy) is 1. The molecule has 2 atom stereocenters. The van der Waals surface area contributed by atoms with Crippen LogP contribution >= 0.6 is 0 Å². The molecule has 0 aliphatic carbocycles. The SMILES string of the molecule is N[C@@H]1Cc2cc(-c3ccc(F)cc3F)ccc2O[C@H]1c1cc(F)c(F)cc1F. The van der Waals surface area contributed by atoms with Crippen molar-refractivity contribution in [2.75, 3.05) is 0 Å². The van der Waals surface area contributed by atoms with Crippen LogP contribution in [-0.2, 0) is 6.42 Å². The summed E-state index contributed by atoms with van der Waals surface area (Å²) in [6, 6.07) is 8.52. The Morgan fingerprint density at radius 2 is 1.54 bits per heavy atom. The van der Waals surface area contributed by atoms with Gasteiger partial charge >= 0.3 is 0 Å². The van der Waals surface area contributed by atoms with Gasteiger partial charge in [-0.1, -0.05) is 6.07 Å². The molecular weight excluding hydrogens is 377 g/mol. The van der Waals surface area contributed by atoms with Crippen LogP contribution in [0.3, 0.4) is 0 Å². The third-order valence-electron chi connectivity index (χ3n) is 4.75. The lowest BCUT2D eigenvalue weighted by atomic mass is 9.91. The summed E-state index contributed by atoms with van der Waals surface area (Å²) in [4.78, 5) is 0. The summed E-state index contributed by atoms with van der Waals surface area (Å²) in [6.07, 6.45) is -0.759. The maximum absolute atomic E-state index is 14.1. The minimum atomic E-state index is -1.29. The van der Waals surface area contributed by atoms with E-state index in [-0.39, 0.29) is 17.5 Å². The predicted molar refractivity (Wildman–Crippen MR) is 93.2 cm³/mol. The van der Waals surface area contributed by atoms with Gasteiger partial charge in [0.1, 0.15) is 29.3 Å². The lowest BCUT2D eigenvalue weighted by Gasteiger charge is -2.32. The average Bonchev–Trinajstić information content (AvgIpc) is 2.64. The normalized spacial score (nSPS) is 18.5. The van der Waals surface area contributed by atoms with Crippen LogP contribution in [0.2, 0.25) is 0 Å². The van der Waals surface area contributed by atoms with E-state index in [1.807, 2.05) is 0 Å². The molecule has 1 heterocycles. The molecule has 28 heavy (non-hydrogen) atoms. The Kier molecular flexibility index (Phi) is 4.55. The van der Waals surface area contributed by atoms with Gasteiger partial charge in [0.05, 0.1) is 6.04 Å². The van der Waals surface area contributed by atoms with Crippen LogP contribution in [0.5, 0.6) is 5.75 Å². The first-order valence-electron chi connectivity index (χ1n) is 8.48. The molecule has 3 aromatic rings. The Labute approximate surface area is 157 Å². The predicted octanol–water partition coefficient (Wildman–Crippen LogP) is 5.05. The molecule has 0 spiro atoms. The first kappa shape index (κ1) is 18.4. The molecule has 0 saturated carbocycles. The van der Waals surface area contributed by atoms with Gasteiger partial charge in [-0.2, -0.15) is 0 Å². The molecular formula is C21H14F5NO. The fraction of sp³-hybridized carbons (Fsp3) is 0.143. The lowest BCUT2D eigenvalue weighted by molar-refractivity contribution is 0.148. The van der Waals surface area contributed by atoms with Gasteiger partial charge in [-0.05, 0) is 47.9 Å². The quantitative estimate of drug-likeness (QED) is 0.490. The molecule has 0 unspecified atom stereocenters. The van der Waals surface area contributed by atoms with Crippen LogP contribution in [0.4, 0.5) is 22.0 Å². The smallest absolute Gasteiger partial charge is 0.161 e. The Balaban J connectivity index is 1.69. The van der Waals surface area contributed by atoms with Crippen molar-refractivity contribution in [2.45, 2.75) is 18.6 Å². The van der Waals surface area contributed by atoms with E-state index in [0.717, 1.165) is 18.2 Å². The highest BCUT2D eigenvalue weighted by Crippen LogP contribution is 2.38. The van der Waals surface area contributed by atoms with Gasteiger partial charge in [0.2, 0.25) is 0 Å². The van der Waals surface area contributed by atoms with Gasteiger partial charge in [0.25, 0.3) is 0 Å². The molecule has 7 heteroatoms. The molecule has 2 nitrogen and oxygen atoms in total. The summed E-state index contributed by atoms with van der Waals surface area (Å²) < 4.78 is 73.7. The molecule has 1 aliphatic rings. The van der Waals surface area contributed by atoms with Crippen molar-refractivity contribution in [2.24, 2.45) is 5.73 Å². The van der Waals surface area contributed by atoms with Crippen molar-refractivity contribution in [3.8, 4) is 16.9 Å². The highest BCUT2D eigenvalue weighted by Gasteiger charge is 2.32. The van der Waals surface area contributed by atoms with E-state index in [9.17, 15) is 22.0 Å². The monoisotopic (exact) mass is 391 g/mol. The number of nitrogens with two attached hydrogens (primary N) is 1. The van der Waals surface area contributed by atoms with Gasteiger partial charge in [-0.3, -0.25) is 0 Å². The molecule has 4 rings (SSSR count). The van der Waals surface area contributed by atoms with E-state index in [0.29, 0.717) is 22.9 Å². The van der Waals surface area contributed by atoms with E-state index >= 15 is 0 Å². The zero-order valence-corrected chi connectivity index (χ0v) is 14.4. The second-order valence-corrected chi connectivity index (χ2v) is 6.64. The third-order valence-corrected chi connectivity index (χ3v) is 4.75. The fourth-order valence-corrected chi connectivity index (χ4v) is 3.38. The number of hydrogen-bond acceptors (Lipinski definition) is 2. The second-order valence-electron chi connectivity index (χ2n) is 6.64. The molecule has 0 fully saturated rings. The van der Waals surface area contributed by atoms with Crippen LogP contribution in [0.25, 0.3) is 11.1 Å². The van der Waals surface area contributed by atoms with Gasteiger partial charge in [-0.15, -0.1) is 0 Å². The summed E-state index contributed by atoms with van der Waals surface area (Å²) in [6.45, 7) is 0. The van der Waals surface area contributed by atoms with Crippen LogP contribution in [0.1, 0.15) is 17.2 Å². The summed E-state index contributed by atoms with van der Waals surface area (Å²) in [7, 11) is 0. The maximum atomic E-state index is 14.1. The molecule has 0 bridgehead atoms. The van der Waals surface area contributed by atoms with E-state index in [4.69, 9.17) is 10.5 Å². The van der Waals surface area contributed by atoms with Crippen molar-refractivity contribution < 1.29 is 26.7 Å². The Bertz CT molecular complexity index is 1070. The number of rotatable bonds is 2. The molecule has 0 radical (unpaired) electrons. The first-order chi connectivity index (χ1) is 13.3. The van der Waals surface area contributed by atoms with Crippen molar-refractivity contribution in [1.29, 1.82) is 0 Å². The van der Waals surface area contributed by atoms with Crippen LogP contribution in [0, 0.1) is 29.1 Å². The highest BCUT2D eigenvalue weighted by molar-refractivity contribution is 5.66. The Morgan fingerprint density at radius 3 is 2.29 bits per heavy atom. The number of benzene rings is 3. The molecule has 2 N–H and O–H groups in total. The average molecular weight is 391 g/mol. The summed E-state index contributed by atoms with van der Waals surface area (Å²) in [5, 5.41) is 0. The maximum Gasteiger partial charge on any atom is 0.161 e. The van der Waals surface area contributed by atoms with Crippen molar-refractivity contribution in [3.05, 3.63) is 88.7 Å². The second kappa shape index (κ2) is 6.91. The largest absolute Gasteiger partial charge is 0.484 e.